The number of benzene rings is 1. The van der Waals surface area contributed by atoms with Crippen LogP contribution in [0.3, 0.4) is 0 Å². The van der Waals surface area contributed by atoms with Crippen molar-refractivity contribution in [3.05, 3.63) is 30.1 Å². The molecule has 1 aromatic carbocycles. The Bertz CT molecular complexity index is 1290. The number of hydroxylamine groups is 2. The van der Waals surface area contributed by atoms with Crippen LogP contribution in [0.2, 0.25) is 0 Å². The quantitative estimate of drug-likeness (QED) is 0.112. The lowest BCUT2D eigenvalue weighted by Gasteiger charge is -2.44. The molecule has 3 fully saturated rings. The predicted octanol–water partition coefficient (Wildman–Crippen LogP) is 5.73. The van der Waals surface area contributed by atoms with E-state index in [0.717, 1.165) is 73.0 Å². The van der Waals surface area contributed by atoms with Crippen LogP contribution in [0, 0.1) is 17.8 Å². The second-order valence-electron chi connectivity index (χ2n) is 13.1. The number of para-hydroxylation sites is 1. The number of nitrogens with two attached hydrogens (primary N) is 2. The third-order valence-electron chi connectivity index (χ3n) is 10.1. The van der Waals surface area contributed by atoms with Crippen LogP contribution in [0.5, 0.6) is 0 Å². The fourth-order valence-electron chi connectivity index (χ4n) is 7.64. The molecule has 0 saturated heterocycles. The minimum Gasteiger partial charge on any atom is -0.382 e. The molecule has 5 atom stereocenters. The third kappa shape index (κ3) is 7.87. The number of pyridine rings is 1. The molecule has 238 valence electrons. The number of rotatable bonds is 13. The highest BCUT2D eigenvalue weighted by atomic mass is 16.7. The molecule has 2 heterocycles. The summed E-state index contributed by atoms with van der Waals surface area (Å²) in [6, 6.07) is 8.25. The maximum absolute atomic E-state index is 11.2. The molecule has 2 aromatic heterocycles. The fourth-order valence-corrected chi connectivity index (χ4v) is 7.64. The standard InChI is InChI=1S/C34H55N7O2/c1-3-4-18-28-39-31-32(26-16-10-11-17-27(26)38-33(31)36)41(28)22-13-12-21-40(2)43-23-37-34(42)29-24-14-8-6-5-7-9-15-25(20-19-24)30(29)35/h10-11,16-17,24-25,29-30,34,37,42H,3-9,12-15,18-23,35H2,1-2H3,(H2,36,38). The SMILES string of the molecule is CCCCc1nc2c(N)nc3ccccc3c2n1CCCCN(C)OCNC(O)C1C2CCCCCCCC(CC2)C1N. The summed E-state index contributed by atoms with van der Waals surface area (Å²) in [5.41, 5.74) is 16.0. The third-order valence-corrected chi connectivity index (χ3v) is 10.1. The van der Waals surface area contributed by atoms with E-state index >= 15 is 0 Å². The zero-order valence-electron chi connectivity index (χ0n) is 26.5. The van der Waals surface area contributed by atoms with E-state index in [2.05, 4.69) is 33.9 Å². The van der Waals surface area contributed by atoms with Crippen molar-refractivity contribution in [2.45, 2.75) is 116 Å². The lowest BCUT2D eigenvalue weighted by molar-refractivity contribution is -0.160. The van der Waals surface area contributed by atoms with Crippen molar-refractivity contribution in [2.24, 2.45) is 23.5 Å². The first-order chi connectivity index (χ1) is 21.0. The van der Waals surface area contributed by atoms with Crippen LogP contribution in [0.4, 0.5) is 5.82 Å². The molecule has 0 spiro atoms. The fraction of sp³-hybridized carbons (Fsp3) is 0.706. The van der Waals surface area contributed by atoms with Crippen LogP contribution >= 0.6 is 0 Å². The maximum Gasteiger partial charge on any atom is 0.152 e. The average Bonchev–Trinajstić information content (AvgIpc) is 3.34. The van der Waals surface area contributed by atoms with E-state index in [1.165, 1.54) is 57.8 Å². The summed E-state index contributed by atoms with van der Waals surface area (Å²) in [6.45, 7) is 4.16. The van der Waals surface area contributed by atoms with Gasteiger partial charge in [-0.15, -0.1) is 0 Å². The van der Waals surface area contributed by atoms with Crippen LogP contribution < -0.4 is 16.8 Å². The van der Waals surface area contributed by atoms with E-state index in [-0.39, 0.29) is 18.7 Å². The van der Waals surface area contributed by atoms with Gasteiger partial charge in [0, 0.05) is 43.9 Å². The molecule has 3 saturated carbocycles. The van der Waals surface area contributed by atoms with Gasteiger partial charge in [-0.25, -0.2) is 9.97 Å². The zero-order chi connectivity index (χ0) is 30.2. The number of aromatic nitrogens is 3. The summed E-state index contributed by atoms with van der Waals surface area (Å²) in [7, 11) is 1.97. The Balaban J connectivity index is 1.13. The number of nitrogens with one attached hydrogen (secondary N) is 1. The summed E-state index contributed by atoms with van der Waals surface area (Å²) in [5, 5.41) is 17.5. The number of imidazole rings is 1. The number of unbranched alkanes of at least 4 members (excludes halogenated alkanes) is 2. The highest BCUT2D eigenvalue weighted by molar-refractivity contribution is 6.06. The molecule has 3 aliphatic rings. The van der Waals surface area contributed by atoms with Crippen molar-refractivity contribution in [3.8, 4) is 0 Å². The second-order valence-corrected chi connectivity index (χ2v) is 13.1. The predicted molar refractivity (Wildman–Crippen MR) is 175 cm³/mol. The molecule has 43 heavy (non-hydrogen) atoms. The highest BCUT2D eigenvalue weighted by Gasteiger charge is 2.40. The van der Waals surface area contributed by atoms with Gasteiger partial charge >= 0.3 is 0 Å². The Morgan fingerprint density at radius 2 is 1.77 bits per heavy atom. The minimum absolute atomic E-state index is 0.0572. The first-order valence-electron chi connectivity index (χ1n) is 17.0. The first-order valence-corrected chi connectivity index (χ1v) is 17.0. The summed E-state index contributed by atoms with van der Waals surface area (Å²) in [5.74, 6) is 2.71. The molecule has 5 unspecified atom stereocenters. The smallest absolute Gasteiger partial charge is 0.152 e. The number of aryl methyl sites for hydroxylation is 2. The molecule has 9 heteroatoms. The van der Waals surface area contributed by atoms with Gasteiger partial charge in [0.15, 0.2) is 5.82 Å². The van der Waals surface area contributed by atoms with Crippen LogP contribution in [0.1, 0.15) is 96.2 Å². The maximum atomic E-state index is 11.2. The Kier molecular flexibility index (Phi) is 11.7. The van der Waals surface area contributed by atoms with Gasteiger partial charge in [0.05, 0.1) is 11.0 Å². The summed E-state index contributed by atoms with van der Waals surface area (Å²) in [6.07, 6.45) is 15.7. The number of hydrogen-bond donors (Lipinski definition) is 4. The van der Waals surface area contributed by atoms with Crippen molar-refractivity contribution in [2.75, 3.05) is 26.1 Å². The Labute approximate surface area is 257 Å². The summed E-state index contributed by atoms with van der Waals surface area (Å²) in [4.78, 5) is 15.5. The first kappa shape index (κ1) is 32.1. The van der Waals surface area contributed by atoms with Gasteiger partial charge in [0.2, 0.25) is 0 Å². The number of fused-ring (bicyclic) bond motifs is 11. The molecule has 0 aliphatic heterocycles. The molecular weight excluding hydrogens is 538 g/mol. The molecule has 2 bridgehead atoms. The van der Waals surface area contributed by atoms with Crippen molar-refractivity contribution in [1.29, 1.82) is 0 Å². The number of hydrogen-bond acceptors (Lipinski definition) is 8. The van der Waals surface area contributed by atoms with E-state index < -0.39 is 6.23 Å². The molecule has 3 aromatic rings. The van der Waals surface area contributed by atoms with Gasteiger partial charge in [0.25, 0.3) is 0 Å². The van der Waals surface area contributed by atoms with Gasteiger partial charge in [-0.1, -0.05) is 63.6 Å². The zero-order valence-corrected chi connectivity index (χ0v) is 26.5. The highest BCUT2D eigenvalue weighted by Crippen LogP contribution is 2.40. The Morgan fingerprint density at radius 3 is 2.58 bits per heavy atom. The molecule has 9 nitrogen and oxygen atoms in total. The molecule has 6 N–H and O–H groups in total. The molecule has 6 rings (SSSR count). The van der Waals surface area contributed by atoms with Crippen LogP contribution in [0.25, 0.3) is 21.9 Å². The van der Waals surface area contributed by atoms with Crippen molar-refractivity contribution >= 4 is 27.8 Å². The number of nitrogens with zero attached hydrogens (tertiary/aromatic N) is 4. The van der Waals surface area contributed by atoms with Gasteiger partial charge in [-0.3, -0.25) is 10.2 Å². The summed E-state index contributed by atoms with van der Waals surface area (Å²) < 4.78 is 2.36. The lowest BCUT2D eigenvalue weighted by atomic mass is 9.67. The second kappa shape index (κ2) is 15.6. The van der Waals surface area contributed by atoms with E-state index in [4.69, 9.17) is 21.3 Å². The number of anilines is 1. The van der Waals surface area contributed by atoms with E-state index in [0.29, 0.717) is 17.7 Å². The number of nitrogen functional groups attached to an aromatic ring is 1. The van der Waals surface area contributed by atoms with Crippen molar-refractivity contribution < 1.29 is 9.94 Å². The van der Waals surface area contributed by atoms with Gasteiger partial charge in [-0.2, -0.15) is 5.06 Å². The van der Waals surface area contributed by atoms with Crippen LogP contribution in [-0.4, -0.2) is 57.3 Å². The number of aliphatic hydroxyl groups excluding tert-OH is 1. The van der Waals surface area contributed by atoms with Crippen molar-refractivity contribution in [3.63, 3.8) is 0 Å². The van der Waals surface area contributed by atoms with E-state index in [1.807, 2.05) is 24.2 Å². The Hall–Kier alpha value is -2.30. The largest absolute Gasteiger partial charge is 0.382 e. The Morgan fingerprint density at radius 1 is 1.02 bits per heavy atom. The normalized spacial score (nSPS) is 24.1. The molecule has 0 radical (unpaired) electrons. The molecular formula is C34H55N7O2. The van der Waals surface area contributed by atoms with Crippen LogP contribution in [0.15, 0.2) is 24.3 Å². The average molecular weight is 594 g/mol. The van der Waals surface area contributed by atoms with Gasteiger partial charge in [0.1, 0.15) is 24.3 Å². The van der Waals surface area contributed by atoms with Gasteiger partial charge < -0.3 is 21.1 Å². The summed E-state index contributed by atoms with van der Waals surface area (Å²) >= 11 is 0. The van der Waals surface area contributed by atoms with E-state index in [1.54, 1.807) is 0 Å². The monoisotopic (exact) mass is 593 g/mol. The van der Waals surface area contributed by atoms with Gasteiger partial charge in [-0.05, 0) is 62.8 Å². The van der Waals surface area contributed by atoms with Crippen LogP contribution in [-0.2, 0) is 17.8 Å². The topological polar surface area (TPSA) is 127 Å². The number of aliphatic hydroxyl groups is 1. The minimum atomic E-state index is -0.634. The molecule has 0 amide bonds. The lowest BCUT2D eigenvalue weighted by Crippen LogP contribution is -2.54. The van der Waals surface area contributed by atoms with Crippen molar-refractivity contribution in [1.82, 2.24) is 24.9 Å². The molecule has 3 aliphatic carbocycles. The van der Waals surface area contributed by atoms with E-state index in [9.17, 15) is 5.11 Å².